The number of hydrogen-bond donors (Lipinski definition) is 4. The summed E-state index contributed by atoms with van der Waals surface area (Å²) in [4.78, 5) is 0. The molecular weight excluding hydrogens is 278 g/mol. The van der Waals surface area contributed by atoms with Gasteiger partial charge < -0.3 is 20.6 Å². The lowest BCUT2D eigenvalue weighted by Crippen LogP contribution is -2.90. The first-order valence-electron chi connectivity index (χ1n) is 7.63. The van der Waals surface area contributed by atoms with Crippen molar-refractivity contribution < 1.29 is 20.6 Å². The molecule has 4 nitrogen and oxygen atoms in total. The zero-order valence-corrected chi connectivity index (χ0v) is 12.8. The van der Waals surface area contributed by atoms with E-state index in [1.54, 1.807) is 36.4 Å². The maximum Gasteiger partial charge on any atom is 0.128 e. The van der Waals surface area contributed by atoms with Crippen LogP contribution in [0.25, 0.3) is 0 Å². The molecule has 0 aromatic heterocycles. The summed E-state index contributed by atoms with van der Waals surface area (Å²) in [6.45, 7) is 2.74. The van der Waals surface area contributed by atoms with Crippen LogP contribution >= 0.6 is 0 Å². The number of aryl methyl sites for hydroxylation is 1. The fourth-order valence-corrected chi connectivity index (χ4v) is 2.37. The minimum absolute atomic E-state index is 0.210. The second-order valence-electron chi connectivity index (χ2n) is 5.76. The molecule has 0 unspecified atom stereocenters. The first-order valence-corrected chi connectivity index (χ1v) is 7.63. The van der Waals surface area contributed by atoms with Crippen molar-refractivity contribution in [1.29, 1.82) is 0 Å². The topological polar surface area (TPSA) is 77.3 Å². The Labute approximate surface area is 131 Å². The van der Waals surface area contributed by atoms with E-state index in [9.17, 15) is 15.3 Å². The van der Waals surface area contributed by atoms with E-state index < -0.39 is 6.10 Å². The second-order valence-corrected chi connectivity index (χ2v) is 5.76. The molecule has 2 aromatic rings. The monoisotopic (exact) mass is 302 g/mol. The second kappa shape index (κ2) is 7.82. The first kappa shape index (κ1) is 16.3. The Morgan fingerprint density at radius 3 is 2.05 bits per heavy atom. The van der Waals surface area contributed by atoms with Crippen LogP contribution in [0.1, 0.15) is 30.6 Å². The van der Waals surface area contributed by atoms with Crippen LogP contribution in [-0.4, -0.2) is 27.9 Å². The van der Waals surface area contributed by atoms with Crippen molar-refractivity contribution in [3.63, 3.8) is 0 Å². The summed E-state index contributed by atoms with van der Waals surface area (Å²) in [5, 5.41) is 30.8. The van der Waals surface area contributed by atoms with E-state index in [0.29, 0.717) is 18.3 Å². The molecule has 0 radical (unpaired) electrons. The van der Waals surface area contributed by atoms with Gasteiger partial charge in [0.1, 0.15) is 24.1 Å². The van der Waals surface area contributed by atoms with Crippen molar-refractivity contribution >= 4 is 0 Å². The normalized spacial score (nSPS) is 13.7. The van der Waals surface area contributed by atoms with E-state index >= 15 is 0 Å². The van der Waals surface area contributed by atoms with E-state index in [0.717, 1.165) is 18.4 Å². The number of quaternary nitrogens is 1. The van der Waals surface area contributed by atoms with E-state index in [1.807, 2.05) is 12.1 Å². The number of aliphatic hydroxyl groups is 1. The van der Waals surface area contributed by atoms with Crippen LogP contribution in [0.4, 0.5) is 0 Å². The van der Waals surface area contributed by atoms with Gasteiger partial charge in [0.25, 0.3) is 0 Å². The lowest BCUT2D eigenvalue weighted by Gasteiger charge is -2.14. The molecular formula is C18H24NO3+. The van der Waals surface area contributed by atoms with E-state index in [2.05, 4.69) is 12.2 Å². The molecule has 5 N–H and O–H groups in total. The highest BCUT2D eigenvalue weighted by molar-refractivity contribution is 5.27. The number of aliphatic hydroxyl groups excluding tert-OH is 1. The van der Waals surface area contributed by atoms with Gasteiger partial charge in [-0.15, -0.1) is 0 Å². The molecule has 0 bridgehead atoms. The molecule has 0 spiro atoms. The predicted molar refractivity (Wildman–Crippen MR) is 85.7 cm³/mol. The van der Waals surface area contributed by atoms with Crippen molar-refractivity contribution in [2.75, 3.05) is 6.54 Å². The summed E-state index contributed by atoms with van der Waals surface area (Å²) < 4.78 is 0. The molecule has 0 aliphatic heterocycles. The summed E-state index contributed by atoms with van der Waals surface area (Å²) >= 11 is 0. The predicted octanol–water partition coefficient (Wildman–Crippen LogP) is 1.72. The van der Waals surface area contributed by atoms with Gasteiger partial charge in [-0.25, -0.2) is 0 Å². The third-order valence-corrected chi connectivity index (χ3v) is 3.86. The Kier molecular flexibility index (Phi) is 5.81. The van der Waals surface area contributed by atoms with Gasteiger partial charge in [0.15, 0.2) is 0 Å². The smallest absolute Gasteiger partial charge is 0.128 e. The number of phenolic OH excluding ortho intramolecular Hbond substituents is 2. The molecule has 4 heteroatoms. The summed E-state index contributed by atoms with van der Waals surface area (Å²) in [5.41, 5.74) is 2.02. The molecule has 2 rings (SSSR count). The molecule has 2 atom stereocenters. The highest BCUT2D eigenvalue weighted by atomic mass is 16.3. The maximum absolute atomic E-state index is 10.1. The largest absolute Gasteiger partial charge is 0.508 e. The Hall–Kier alpha value is -2.04. The van der Waals surface area contributed by atoms with Gasteiger partial charge in [-0.2, -0.15) is 0 Å². The summed E-state index contributed by atoms with van der Waals surface area (Å²) in [7, 11) is 0. The SMILES string of the molecule is C[C@H](CCc1ccc(O)cc1)[NH2+]C[C@H](O)c1ccc(O)cc1. The summed E-state index contributed by atoms with van der Waals surface area (Å²) in [6.07, 6.45) is 1.43. The minimum Gasteiger partial charge on any atom is -0.508 e. The first-order chi connectivity index (χ1) is 10.5. The van der Waals surface area contributed by atoms with Crippen LogP contribution in [0.5, 0.6) is 11.5 Å². The molecule has 0 saturated carbocycles. The van der Waals surface area contributed by atoms with Crippen molar-refractivity contribution in [2.45, 2.75) is 31.9 Å². The molecule has 22 heavy (non-hydrogen) atoms. The molecule has 0 aliphatic rings. The van der Waals surface area contributed by atoms with Crippen LogP contribution < -0.4 is 5.32 Å². The van der Waals surface area contributed by atoms with Crippen molar-refractivity contribution in [3.05, 3.63) is 59.7 Å². The Morgan fingerprint density at radius 2 is 1.45 bits per heavy atom. The van der Waals surface area contributed by atoms with Gasteiger partial charge in [-0.1, -0.05) is 24.3 Å². The minimum atomic E-state index is -0.531. The number of phenols is 2. The van der Waals surface area contributed by atoms with Crippen LogP contribution in [-0.2, 0) is 6.42 Å². The van der Waals surface area contributed by atoms with Gasteiger partial charge in [0.05, 0.1) is 6.04 Å². The van der Waals surface area contributed by atoms with Crippen LogP contribution in [0.3, 0.4) is 0 Å². The number of benzene rings is 2. The van der Waals surface area contributed by atoms with Crippen LogP contribution in [0, 0.1) is 0 Å². The lowest BCUT2D eigenvalue weighted by molar-refractivity contribution is -0.693. The van der Waals surface area contributed by atoms with Crippen molar-refractivity contribution in [1.82, 2.24) is 0 Å². The van der Waals surface area contributed by atoms with Gasteiger partial charge in [0.2, 0.25) is 0 Å². The Morgan fingerprint density at radius 1 is 0.909 bits per heavy atom. The average molecular weight is 302 g/mol. The third kappa shape index (κ3) is 5.06. The average Bonchev–Trinajstić information content (AvgIpc) is 2.52. The summed E-state index contributed by atoms with van der Waals surface area (Å²) in [5.74, 6) is 0.502. The molecule has 0 amide bonds. The highest BCUT2D eigenvalue weighted by Crippen LogP contribution is 2.15. The van der Waals surface area contributed by atoms with Crippen molar-refractivity contribution in [3.8, 4) is 11.5 Å². The standard InChI is InChI=1S/C18H23NO3/c1-13(2-3-14-4-8-16(20)9-5-14)19-12-18(22)15-6-10-17(21)11-7-15/h4-11,13,18-22H,2-3,12H2,1H3/p+1/t13-,18+/m1/s1. The number of rotatable bonds is 7. The van der Waals surface area contributed by atoms with Gasteiger partial charge in [-0.3, -0.25) is 0 Å². The zero-order chi connectivity index (χ0) is 15.9. The highest BCUT2D eigenvalue weighted by Gasteiger charge is 2.12. The number of nitrogens with two attached hydrogens (primary N) is 1. The summed E-state index contributed by atoms with van der Waals surface area (Å²) in [6, 6.07) is 14.4. The molecule has 0 saturated heterocycles. The molecule has 0 fully saturated rings. The van der Waals surface area contributed by atoms with E-state index in [4.69, 9.17) is 0 Å². The number of hydrogen-bond acceptors (Lipinski definition) is 3. The third-order valence-electron chi connectivity index (χ3n) is 3.86. The maximum atomic E-state index is 10.1. The van der Waals surface area contributed by atoms with Crippen molar-refractivity contribution in [2.24, 2.45) is 0 Å². The van der Waals surface area contributed by atoms with E-state index in [1.165, 1.54) is 5.56 Å². The molecule has 0 aliphatic carbocycles. The molecule has 118 valence electrons. The zero-order valence-electron chi connectivity index (χ0n) is 12.8. The molecule has 0 heterocycles. The van der Waals surface area contributed by atoms with Gasteiger partial charge in [-0.05, 0) is 48.7 Å². The quantitative estimate of drug-likeness (QED) is 0.629. The van der Waals surface area contributed by atoms with Crippen LogP contribution in [0.15, 0.2) is 48.5 Å². The fraction of sp³-hybridized carbons (Fsp3) is 0.333. The van der Waals surface area contributed by atoms with Gasteiger partial charge in [0, 0.05) is 6.42 Å². The fourth-order valence-electron chi connectivity index (χ4n) is 2.37. The lowest BCUT2D eigenvalue weighted by atomic mass is 10.1. The Balaban J connectivity index is 1.73. The van der Waals surface area contributed by atoms with Crippen LogP contribution in [0.2, 0.25) is 0 Å². The Bertz CT molecular complexity index is 566. The van der Waals surface area contributed by atoms with Gasteiger partial charge >= 0.3 is 0 Å². The van der Waals surface area contributed by atoms with E-state index in [-0.39, 0.29) is 5.75 Å². The number of aromatic hydroxyl groups is 2. The molecule has 2 aromatic carbocycles.